The first-order chi connectivity index (χ1) is 9.95. The molecule has 0 spiro atoms. The number of fused-ring (bicyclic) bond motifs is 1. The van der Waals surface area contributed by atoms with E-state index in [1.807, 2.05) is 0 Å². The summed E-state index contributed by atoms with van der Waals surface area (Å²) in [6, 6.07) is -0.233. The molecular formula is C13H17N3O4S. The molecule has 0 atom stereocenters. The second kappa shape index (κ2) is 6.30. The number of thioether (sulfide) groups is 1. The number of hydrogen-bond donors (Lipinski definition) is 0. The predicted octanol–water partition coefficient (Wildman–Crippen LogP) is 0.373. The van der Waals surface area contributed by atoms with Crippen LogP contribution in [-0.2, 0) is 16.1 Å². The number of carbonyl (C=O) groups is 2. The van der Waals surface area contributed by atoms with Crippen LogP contribution in [0.5, 0.6) is 0 Å². The number of hydrogen-bond acceptors (Lipinski definition) is 6. The van der Waals surface area contributed by atoms with Gasteiger partial charge in [0.1, 0.15) is 12.1 Å². The predicted molar refractivity (Wildman–Crippen MR) is 77.4 cm³/mol. The molecule has 114 valence electrons. The minimum absolute atomic E-state index is 0.0150. The maximum Gasteiger partial charge on any atom is 0.325 e. The molecule has 2 rings (SSSR count). The molecule has 1 aromatic heterocycles. The minimum atomic E-state index is -0.526. The SMILES string of the molecule is COC(=O)CN(C(=O)c1cnc2n(c1=O)CCS2)C(C)C. The zero-order chi connectivity index (χ0) is 15.6. The highest BCUT2D eigenvalue weighted by Crippen LogP contribution is 2.20. The van der Waals surface area contributed by atoms with E-state index < -0.39 is 11.9 Å². The smallest absolute Gasteiger partial charge is 0.325 e. The van der Waals surface area contributed by atoms with Gasteiger partial charge in [-0.25, -0.2) is 4.98 Å². The topological polar surface area (TPSA) is 81.5 Å². The van der Waals surface area contributed by atoms with E-state index in [9.17, 15) is 14.4 Å². The van der Waals surface area contributed by atoms with E-state index in [1.165, 1.54) is 34.5 Å². The molecule has 0 aliphatic carbocycles. The maximum absolute atomic E-state index is 12.5. The number of rotatable bonds is 4. The number of methoxy groups -OCH3 is 1. The Morgan fingerprint density at radius 1 is 1.52 bits per heavy atom. The third kappa shape index (κ3) is 3.10. The summed E-state index contributed by atoms with van der Waals surface area (Å²) in [4.78, 5) is 41.7. The minimum Gasteiger partial charge on any atom is -0.468 e. The summed E-state index contributed by atoms with van der Waals surface area (Å²) in [5.41, 5.74) is -0.371. The summed E-state index contributed by atoms with van der Waals surface area (Å²) in [6.07, 6.45) is 1.29. The lowest BCUT2D eigenvalue weighted by molar-refractivity contribution is -0.141. The molecule has 7 nitrogen and oxygen atoms in total. The van der Waals surface area contributed by atoms with Crippen LogP contribution >= 0.6 is 11.8 Å². The first-order valence-electron chi connectivity index (χ1n) is 6.56. The number of ether oxygens (including phenoxy) is 1. The van der Waals surface area contributed by atoms with Crippen molar-refractivity contribution in [2.75, 3.05) is 19.4 Å². The molecule has 1 aliphatic heterocycles. The third-order valence-corrected chi connectivity index (χ3v) is 4.17. The fourth-order valence-electron chi connectivity index (χ4n) is 2.01. The molecule has 0 aromatic carbocycles. The number of nitrogens with zero attached hydrogens (tertiary/aromatic N) is 3. The van der Waals surface area contributed by atoms with Crippen molar-refractivity contribution in [1.82, 2.24) is 14.5 Å². The van der Waals surface area contributed by atoms with E-state index in [4.69, 9.17) is 0 Å². The van der Waals surface area contributed by atoms with Crippen LogP contribution < -0.4 is 5.56 Å². The average molecular weight is 311 g/mol. The lowest BCUT2D eigenvalue weighted by Gasteiger charge is -2.25. The van der Waals surface area contributed by atoms with Crippen molar-refractivity contribution >= 4 is 23.6 Å². The van der Waals surface area contributed by atoms with Crippen molar-refractivity contribution in [2.24, 2.45) is 0 Å². The molecule has 0 radical (unpaired) electrons. The molecule has 0 saturated heterocycles. The van der Waals surface area contributed by atoms with Crippen molar-refractivity contribution in [2.45, 2.75) is 31.6 Å². The Hall–Kier alpha value is -1.83. The second-order valence-corrected chi connectivity index (χ2v) is 5.92. The first kappa shape index (κ1) is 15.6. The van der Waals surface area contributed by atoms with Crippen LogP contribution in [0.25, 0.3) is 0 Å². The quantitative estimate of drug-likeness (QED) is 0.590. The van der Waals surface area contributed by atoms with Crippen LogP contribution in [0.15, 0.2) is 16.1 Å². The van der Waals surface area contributed by atoms with Crippen molar-refractivity contribution in [3.05, 3.63) is 22.1 Å². The summed E-state index contributed by atoms with van der Waals surface area (Å²) in [5.74, 6) is -0.252. The molecule has 2 heterocycles. The zero-order valence-corrected chi connectivity index (χ0v) is 13.0. The Balaban J connectivity index is 2.33. The standard InChI is InChI=1S/C13H17N3O4S/c1-8(2)16(7-10(17)20-3)12(19)9-6-14-13-15(11(9)18)4-5-21-13/h6,8H,4-5,7H2,1-3H3. The molecule has 0 N–H and O–H groups in total. The van der Waals surface area contributed by atoms with Crippen LogP contribution in [-0.4, -0.2) is 51.8 Å². The highest BCUT2D eigenvalue weighted by Gasteiger charge is 2.26. The van der Waals surface area contributed by atoms with Gasteiger partial charge in [-0.3, -0.25) is 19.0 Å². The van der Waals surface area contributed by atoms with E-state index in [2.05, 4.69) is 9.72 Å². The zero-order valence-electron chi connectivity index (χ0n) is 12.2. The summed E-state index contributed by atoms with van der Waals surface area (Å²) < 4.78 is 6.08. The largest absolute Gasteiger partial charge is 0.468 e. The van der Waals surface area contributed by atoms with Crippen molar-refractivity contribution in [3.8, 4) is 0 Å². The van der Waals surface area contributed by atoms with Gasteiger partial charge in [0.05, 0.1) is 7.11 Å². The molecule has 1 aliphatic rings. The van der Waals surface area contributed by atoms with Crippen LogP contribution in [0, 0.1) is 0 Å². The van der Waals surface area contributed by atoms with E-state index >= 15 is 0 Å². The lowest BCUT2D eigenvalue weighted by atomic mass is 10.2. The molecule has 21 heavy (non-hydrogen) atoms. The Kier molecular flexibility index (Phi) is 4.66. The Bertz CT molecular complexity index is 626. The fraction of sp³-hybridized carbons (Fsp3) is 0.538. The molecule has 1 amide bonds. The summed E-state index contributed by atoms with van der Waals surface area (Å²) in [7, 11) is 1.26. The molecule has 0 bridgehead atoms. The van der Waals surface area contributed by atoms with Crippen LogP contribution in [0.4, 0.5) is 0 Å². The first-order valence-corrected chi connectivity index (χ1v) is 7.54. The summed E-state index contributed by atoms with van der Waals surface area (Å²) >= 11 is 1.48. The van der Waals surface area contributed by atoms with Crippen molar-refractivity contribution in [3.63, 3.8) is 0 Å². The molecule has 8 heteroatoms. The van der Waals surface area contributed by atoms with E-state index in [1.54, 1.807) is 13.8 Å². The maximum atomic E-state index is 12.5. The van der Waals surface area contributed by atoms with Crippen molar-refractivity contribution < 1.29 is 14.3 Å². The number of esters is 1. The number of aromatic nitrogens is 2. The summed E-state index contributed by atoms with van der Waals surface area (Å²) in [6.45, 7) is 3.90. The van der Waals surface area contributed by atoms with Gasteiger partial charge in [-0.1, -0.05) is 11.8 Å². The van der Waals surface area contributed by atoms with Crippen LogP contribution in [0.2, 0.25) is 0 Å². The molecule has 1 aromatic rings. The van der Waals surface area contributed by atoms with Gasteiger partial charge in [0.2, 0.25) is 0 Å². The third-order valence-electron chi connectivity index (χ3n) is 3.20. The van der Waals surface area contributed by atoms with Gasteiger partial charge in [0.15, 0.2) is 5.16 Å². The molecular weight excluding hydrogens is 294 g/mol. The van der Waals surface area contributed by atoms with Crippen LogP contribution in [0.3, 0.4) is 0 Å². The Morgan fingerprint density at radius 2 is 2.24 bits per heavy atom. The highest BCUT2D eigenvalue weighted by atomic mass is 32.2. The van der Waals surface area contributed by atoms with Crippen LogP contribution in [0.1, 0.15) is 24.2 Å². The van der Waals surface area contributed by atoms with E-state index in [0.717, 1.165) is 5.75 Å². The normalized spacial score (nSPS) is 13.1. The van der Waals surface area contributed by atoms with Gasteiger partial charge in [0.25, 0.3) is 11.5 Å². The lowest BCUT2D eigenvalue weighted by Crippen LogP contribution is -2.43. The molecule has 0 saturated carbocycles. The van der Waals surface area contributed by atoms with Gasteiger partial charge < -0.3 is 9.64 Å². The van der Waals surface area contributed by atoms with Gasteiger partial charge in [-0.15, -0.1) is 0 Å². The monoisotopic (exact) mass is 311 g/mol. The van der Waals surface area contributed by atoms with Crippen molar-refractivity contribution in [1.29, 1.82) is 0 Å². The fourth-order valence-corrected chi connectivity index (χ4v) is 2.93. The Morgan fingerprint density at radius 3 is 2.86 bits per heavy atom. The Labute approximate surface area is 126 Å². The van der Waals surface area contributed by atoms with Gasteiger partial charge in [-0.05, 0) is 13.8 Å². The summed E-state index contributed by atoms with van der Waals surface area (Å²) in [5, 5.41) is 0.626. The number of carbonyl (C=O) groups excluding carboxylic acids is 2. The average Bonchev–Trinajstić information content (AvgIpc) is 2.93. The van der Waals surface area contributed by atoms with E-state index in [0.29, 0.717) is 11.7 Å². The molecule has 0 unspecified atom stereocenters. The van der Waals surface area contributed by atoms with Gasteiger partial charge in [-0.2, -0.15) is 0 Å². The van der Waals surface area contributed by atoms with Gasteiger partial charge in [0, 0.05) is 24.5 Å². The van der Waals surface area contributed by atoms with E-state index in [-0.39, 0.29) is 23.7 Å². The number of amides is 1. The second-order valence-electron chi connectivity index (χ2n) is 4.86. The highest BCUT2D eigenvalue weighted by molar-refractivity contribution is 7.99. The van der Waals surface area contributed by atoms with Gasteiger partial charge >= 0.3 is 5.97 Å². The molecule has 0 fully saturated rings.